The summed E-state index contributed by atoms with van der Waals surface area (Å²) >= 11 is 7.55. The van der Waals surface area contributed by atoms with E-state index in [2.05, 4.69) is 5.32 Å². The zero-order chi connectivity index (χ0) is 24.7. The first kappa shape index (κ1) is 25.3. The molecule has 0 aliphatic heterocycles. The van der Waals surface area contributed by atoms with Crippen molar-refractivity contribution in [1.82, 2.24) is 0 Å². The minimum absolute atomic E-state index is 0.139. The van der Waals surface area contributed by atoms with Gasteiger partial charge in [0.2, 0.25) is 0 Å². The summed E-state index contributed by atoms with van der Waals surface area (Å²) in [6.07, 6.45) is 0. The van der Waals surface area contributed by atoms with Crippen LogP contribution in [-0.4, -0.2) is 40.3 Å². The van der Waals surface area contributed by atoms with E-state index in [4.69, 9.17) is 30.5 Å². The summed E-state index contributed by atoms with van der Waals surface area (Å²) in [5.41, 5.74) is 1.62. The Morgan fingerprint density at radius 2 is 1.50 bits per heavy atom. The van der Waals surface area contributed by atoms with Gasteiger partial charge in [-0.3, -0.25) is 4.79 Å². The first-order chi connectivity index (χ1) is 16.4. The third-order valence-corrected chi connectivity index (χ3v) is 6.24. The molecule has 3 aromatic rings. The van der Waals surface area contributed by atoms with E-state index in [-0.39, 0.29) is 11.3 Å². The number of thioether (sulfide) groups is 1. The van der Waals surface area contributed by atoms with Crippen molar-refractivity contribution in [3.8, 4) is 17.2 Å². The summed E-state index contributed by atoms with van der Waals surface area (Å²) < 4.78 is 20.9. The summed E-state index contributed by atoms with van der Waals surface area (Å²) in [4.78, 5) is 26.4. The van der Waals surface area contributed by atoms with Crippen LogP contribution in [0, 0.1) is 0 Å². The molecule has 0 bridgehead atoms. The number of rotatable bonds is 9. The van der Waals surface area contributed by atoms with E-state index in [0.29, 0.717) is 33.6 Å². The highest BCUT2D eigenvalue weighted by Crippen LogP contribution is 2.34. The van der Waals surface area contributed by atoms with Gasteiger partial charge in [-0.15, -0.1) is 11.8 Å². The molecule has 3 aromatic carbocycles. The molecule has 178 valence electrons. The molecule has 0 spiro atoms. The number of hydrogen-bond donors (Lipinski definition) is 1. The van der Waals surface area contributed by atoms with Crippen molar-refractivity contribution in [1.29, 1.82) is 0 Å². The fourth-order valence-electron chi connectivity index (χ4n) is 3.18. The van der Waals surface area contributed by atoms with E-state index in [1.54, 1.807) is 37.1 Å². The van der Waals surface area contributed by atoms with Crippen molar-refractivity contribution in [2.45, 2.75) is 10.6 Å². The van der Waals surface area contributed by atoms with Crippen LogP contribution in [0.4, 0.5) is 5.69 Å². The Balaban J connectivity index is 1.87. The zero-order valence-electron chi connectivity index (χ0n) is 19.1. The molecule has 0 aliphatic rings. The summed E-state index contributed by atoms with van der Waals surface area (Å²) in [6, 6.07) is 15.6. The maximum absolute atomic E-state index is 13.1. The van der Waals surface area contributed by atoms with Crippen LogP contribution >= 0.6 is 23.4 Å². The molecule has 3 rings (SSSR count). The minimum atomic E-state index is -0.619. The van der Waals surface area contributed by atoms with Gasteiger partial charge in [-0.1, -0.05) is 11.6 Å². The molecule has 0 saturated carbocycles. The van der Waals surface area contributed by atoms with Gasteiger partial charge in [0.05, 0.1) is 39.7 Å². The van der Waals surface area contributed by atoms with Crippen LogP contribution in [0.3, 0.4) is 0 Å². The third-order valence-electron chi connectivity index (χ3n) is 4.93. The number of ether oxygens (including phenoxy) is 4. The number of hydrogen-bond acceptors (Lipinski definition) is 7. The second-order valence-corrected chi connectivity index (χ2v) is 8.45. The molecule has 34 heavy (non-hydrogen) atoms. The Morgan fingerprint density at radius 3 is 2.12 bits per heavy atom. The average Bonchev–Trinajstić information content (AvgIpc) is 2.87. The lowest BCUT2D eigenvalue weighted by Gasteiger charge is -2.15. The molecule has 1 amide bonds. The van der Waals surface area contributed by atoms with Crippen molar-refractivity contribution in [2.24, 2.45) is 0 Å². The number of anilines is 1. The number of esters is 1. The molecule has 0 heterocycles. The number of halogens is 1. The lowest BCUT2D eigenvalue weighted by atomic mass is 10.1. The summed E-state index contributed by atoms with van der Waals surface area (Å²) in [5, 5.41) is 3.44. The Hall–Kier alpha value is -3.36. The van der Waals surface area contributed by atoms with Gasteiger partial charge in [-0.05, 0) is 42.5 Å². The predicted octanol–water partition coefficient (Wildman–Crippen LogP) is 5.70. The molecule has 9 heteroatoms. The Bertz CT molecular complexity index is 1180. The molecule has 1 N–H and O–H groups in total. The van der Waals surface area contributed by atoms with E-state index in [0.717, 1.165) is 10.5 Å². The second-order valence-electron chi connectivity index (χ2n) is 6.97. The molecule has 0 aliphatic carbocycles. The van der Waals surface area contributed by atoms with E-state index >= 15 is 0 Å². The van der Waals surface area contributed by atoms with Crippen LogP contribution in [-0.2, 0) is 10.5 Å². The summed E-state index contributed by atoms with van der Waals surface area (Å²) in [6.45, 7) is 0. The van der Waals surface area contributed by atoms with Crippen molar-refractivity contribution in [3.63, 3.8) is 0 Å². The van der Waals surface area contributed by atoms with Gasteiger partial charge in [-0.2, -0.15) is 0 Å². The first-order valence-electron chi connectivity index (χ1n) is 10.1. The molecular formula is C25H24ClNO6S. The monoisotopic (exact) mass is 501 g/mol. The largest absolute Gasteiger partial charge is 0.496 e. The summed E-state index contributed by atoms with van der Waals surface area (Å²) in [5.74, 6) is 0.922. The maximum Gasteiger partial charge on any atom is 0.340 e. The third kappa shape index (κ3) is 5.95. The Morgan fingerprint density at radius 1 is 0.853 bits per heavy atom. The Labute approximate surface area is 207 Å². The SMILES string of the molecule is COC(=O)c1cc(OC)c(OC)cc1NC(=O)c1ccc(OC)c(CSc2ccc(Cl)cc2)c1. The van der Waals surface area contributed by atoms with E-state index in [9.17, 15) is 9.59 Å². The van der Waals surface area contributed by atoms with Crippen LogP contribution in [0.25, 0.3) is 0 Å². The maximum atomic E-state index is 13.1. The highest BCUT2D eigenvalue weighted by Gasteiger charge is 2.20. The predicted molar refractivity (Wildman–Crippen MR) is 133 cm³/mol. The fourth-order valence-corrected chi connectivity index (χ4v) is 4.18. The van der Waals surface area contributed by atoms with Crippen LogP contribution in [0.15, 0.2) is 59.5 Å². The van der Waals surface area contributed by atoms with Gasteiger partial charge < -0.3 is 24.3 Å². The lowest BCUT2D eigenvalue weighted by Crippen LogP contribution is -2.16. The number of carbonyl (C=O) groups is 2. The standard InChI is InChI=1S/C25H24ClNO6S/c1-30-21-10-5-15(11-16(21)14-34-18-8-6-17(26)7-9-18)24(28)27-20-13-23(32-3)22(31-2)12-19(20)25(29)33-4/h5-13H,14H2,1-4H3,(H,27,28). The summed E-state index contributed by atoms with van der Waals surface area (Å²) in [7, 11) is 5.77. The van der Waals surface area contributed by atoms with Crippen LogP contribution in [0.2, 0.25) is 5.02 Å². The van der Waals surface area contributed by atoms with Crippen molar-refractivity contribution < 1.29 is 28.5 Å². The van der Waals surface area contributed by atoms with Gasteiger partial charge in [0.25, 0.3) is 5.91 Å². The quantitative estimate of drug-likeness (QED) is 0.297. The highest BCUT2D eigenvalue weighted by molar-refractivity contribution is 7.98. The molecular weight excluding hydrogens is 478 g/mol. The van der Waals surface area contributed by atoms with Crippen LogP contribution in [0.5, 0.6) is 17.2 Å². The van der Waals surface area contributed by atoms with Gasteiger partial charge in [0.15, 0.2) is 11.5 Å². The number of benzene rings is 3. The zero-order valence-corrected chi connectivity index (χ0v) is 20.7. The topological polar surface area (TPSA) is 83.1 Å². The number of nitrogens with one attached hydrogen (secondary N) is 1. The van der Waals surface area contributed by atoms with Crippen molar-refractivity contribution in [3.05, 3.63) is 76.3 Å². The average molecular weight is 502 g/mol. The van der Waals surface area contributed by atoms with E-state index < -0.39 is 11.9 Å². The van der Waals surface area contributed by atoms with Gasteiger partial charge in [0, 0.05) is 38.9 Å². The number of amides is 1. The molecule has 0 saturated heterocycles. The molecule has 0 fully saturated rings. The smallest absolute Gasteiger partial charge is 0.340 e. The highest BCUT2D eigenvalue weighted by atomic mass is 35.5. The lowest BCUT2D eigenvalue weighted by molar-refractivity contribution is 0.0601. The molecule has 0 atom stereocenters. The van der Waals surface area contributed by atoms with E-state index in [1.807, 2.05) is 24.3 Å². The van der Waals surface area contributed by atoms with Gasteiger partial charge in [-0.25, -0.2) is 4.79 Å². The van der Waals surface area contributed by atoms with Gasteiger partial charge in [0.1, 0.15) is 5.75 Å². The van der Waals surface area contributed by atoms with Gasteiger partial charge >= 0.3 is 5.97 Å². The molecule has 0 unspecified atom stereocenters. The molecule has 0 radical (unpaired) electrons. The Kier molecular flexibility index (Phi) is 8.67. The van der Waals surface area contributed by atoms with Crippen molar-refractivity contribution in [2.75, 3.05) is 33.8 Å². The van der Waals surface area contributed by atoms with Crippen molar-refractivity contribution >= 4 is 40.9 Å². The molecule has 0 aromatic heterocycles. The molecule has 7 nitrogen and oxygen atoms in total. The fraction of sp³-hybridized carbons (Fsp3) is 0.200. The van der Waals surface area contributed by atoms with Crippen LogP contribution in [0.1, 0.15) is 26.3 Å². The normalized spacial score (nSPS) is 10.4. The number of carbonyl (C=O) groups excluding carboxylic acids is 2. The first-order valence-corrected chi connectivity index (χ1v) is 11.5. The second kappa shape index (κ2) is 11.7. The van der Waals surface area contributed by atoms with E-state index in [1.165, 1.54) is 33.5 Å². The van der Waals surface area contributed by atoms with Crippen LogP contribution < -0.4 is 19.5 Å². The number of methoxy groups -OCH3 is 4. The minimum Gasteiger partial charge on any atom is -0.496 e.